The summed E-state index contributed by atoms with van der Waals surface area (Å²) in [7, 11) is 2.58. The van der Waals surface area contributed by atoms with Gasteiger partial charge in [0.05, 0.1) is 19.6 Å². The van der Waals surface area contributed by atoms with Gasteiger partial charge in [0.15, 0.2) is 0 Å². The number of carbonyl (C=O) groups is 2. The molecule has 168 valence electrons. The third kappa shape index (κ3) is 3.44. The molecule has 9 heteroatoms. The topological polar surface area (TPSA) is 100.0 Å². The Hall–Kier alpha value is -3.42. The van der Waals surface area contributed by atoms with Gasteiger partial charge >= 0.3 is 11.9 Å². The Balaban J connectivity index is 1.93. The van der Waals surface area contributed by atoms with E-state index in [-0.39, 0.29) is 16.8 Å². The van der Waals surface area contributed by atoms with Gasteiger partial charge in [-0.3, -0.25) is 0 Å². The third-order valence-corrected chi connectivity index (χ3v) is 6.35. The number of halogens is 2. The summed E-state index contributed by atoms with van der Waals surface area (Å²) in [4.78, 5) is 35.1. The monoisotopic (exact) mass is 483 g/mol. The molecule has 0 radical (unpaired) electrons. The number of fused-ring (bicyclic) bond motifs is 2. The number of methoxy groups -OCH3 is 2. The van der Waals surface area contributed by atoms with Crippen LogP contribution in [0.2, 0.25) is 5.02 Å². The van der Waals surface area contributed by atoms with Crippen molar-refractivity contribution in [3.8, 4) is 22.3 Å². The average Bonchev–Trinajstić information content (AvgIpc) is 3.51. The van der Waals surface area contributed by atoms with Gasteiger partial charge in [0.1, 0.15) is 11.4 Å². The lowest BCUT2D eigenvalue weighted by Crippen LogP contribution is -2.29. The number of carbonyl (C=O) groups excluding carboxylic acids is 2. The fourth-order valence-electron chi connectivity index (χ4n) is 4.33. The van der Waals surface area contributed by atoms with Gasteiger partial charge in [-0.05, 0) is 24.6 Å². The van der Waals surface area contributed by atoms with Gasteiger partial charge < -0.3 is 24.4 Å². The standard InChI is InChI=1S/C24H19Cl2N3O4/c1-32-23(30)21-19(15-9-27-17-5-3-11(25)7-13(15)17)20(22(29-21)24(31)33-2)16-10-28-18-6-4-12(26)8-14(16)18/h3,5-10,12,27-29H,4H2,1-2H3. The number of esters is 2. The minimum absolute atomic E-state index is 0.130. The highest BCUT2D eigenvalue weighted by Gasteiger charge is 2.31. The van der Waals surface area contributed by atoms with Gasteiger partial charge in [-0.1, -0.05) is 23.8 Å². The van der Waals surface area contributed by atoms with Crippen molar-refractivity contribution in [3.63, 3.8) is 0 Å². The molecule has 0 fully saturated rings. The van der Waals surface area contributed by atoms with E-state index in [1.165, 1.54) is 14.2 Å². The fourth-order valence-corrected chi connectivity index (χ4v) is 4.72. The Morgan fingerprint density at radius 3 is 2.36 bits per heavy atom. The molecule has 1 unspecified atom stereocenters. The van der Waals surface area contributed by atoms with Crippen molar-refractivity contribution in [2.24, 2.45) is 0 Å². The van der Waals surface area contributed by atoms with Crippen LogP contribution in [0.4, 0.5) is 0 Å². The van der Waals surface area contributed by atoms with Crippen LogP contribution < -0.4 is 10.6 Å². The van der Waals surface area contributed by atoms with E-state index >= 15 is 0 Å². The van der Waals surface area contributed by atoms with Crippen LogP contribution >= 0.6 is 23.2 Å². The number of H-pyrrole nitrogens is 3. The Bertz CT molecular complexity index is 1540. The van der Waals surface area contributed by atoms with Crippen molar-refractivity contribution >= 4 is 58.2 Å². The molecule has 0 spiro atoms. The molecule has 1 aromatic carbocycles. The van der Waals surface area contributed by atoms with Gasteiger partial charge in [0.25, 0.3) is 0 Å². The molecule has 7 nitrogen and oxygen atoms in total. The summed E-state index contributed by atoms with van der Waals surface area (Å²) in [5.41, 5.74) is 3.51. The first-order valence-corrected chi connectivity index (χ1v) is 11.0. The first kappa shape index (κ1) is 21.4. The van der Waals surface area contributed by atoms with E-state index in [0.29, 0.717) is 33.7 Å². The second-order valence-electron chi connectivity index (χ2n) is 7.65. The van der Waals surface area contributed by atoms with E-state index in [9.17, 15) is 9.59 Å². The molecule has 33 heavy (non-hydrogen) atoms. The SMILES string of the molecule is COC(=O)c1[nH]c(C(=O)OC)c(-c2c[nH]c3ccc(Cl)cc23)c1-c1c[nH]c2c1=CC(Cl)CC=2. The molecule has 1 atom stereocenters. The number of nitrogens with one attached hydrogen (secondary N) is 3. The maximum Gasteiger partial charge on any atom is 0.355 e. The molecule has 3 N–H and O–H groups in total. The maximum absolute atomic E-state index is 12.8. The zero-order valence-electron chi connectivity index (χ0n) is 17.7. The normalized spacial score (nSPS) is 15.0. The second-order valence-corrected chi connectivity index (χ2v) is 8.65. The van der Waals surface area contributed by atoms with E-state index < -0.39 is 11.9 Å². The summed E-state index contributed by atoms with van der Waals surface area (Å²) in [5, 5.41) is 2.88. The van der Waals surface area contributed by atoms with Crippen LogP contribution in [0, 0.1) is 0 Å². The van der Waals surface area contributed by atoms with E-state index in [4.69, 9.17) is 32.7 Å². The Morgan fingerprint density at radius 1 is 1.00 bits per heavy atom. The number of hydrogen-bond donors (Lipinski definition) is 3. The highest BCUT2D eigenvalue weighted by atomic mass is 35.5. The number of alkyl halides is 1. The van der Waals surface area contributed by atoms with Crippen molar-refractivity contribution < 1.29 is 19.1 Å². The predicted octanol–water partition coefficient (Wildman–Crippen LogP) is 3.96. The second kappa shape index (κ2) is 8.17. The third-order valence-electron chi connectivity index (χ3n) is 5.81. The zero-order valence-corrected chi connectivity index (χ0v) is 19.2. The van der Waals surface area contributed by atoms with Crippen LogP contribution in [0.25, 0.3) is 45.3 Å². The van der Waals surface area contributed by atoms with Crippen LogP contribution in [0.1, 0.15) is 27.4 Å². The molecule has 0 bridgehead atoms. The largest absolute Gasteiger partial charge is 0.464 e. The van der Waals surface area contributed by atoms with Crippen LogP contribution in [-0.2, 0) is 9.47 Å². The van der Waals surface area contributed by atoms with Crippen LogP contribution in [0.5, 0.6) is 0 Å². The molecular formula is C24H19Cl2N3O4. The maximum atomic E-state index is 12.8. The van der Waals surface area contributed by atoms with Crippen LogP contribution in [-0.4, -0.2) is 46.5 Å². The molecule has 1 aliphatic carbocycles. The van der Waals surface area contributed by atoms with Gasteiger partial charge in [-0.2, -0.15) is 0 Å². The summed E-state index contributed by atoms with van der Waals surface area (Å²) in [6, 6.07) is 5.43. The van der Waals surface area contributed by atoms with Crippen molar-refractivity contribution in [2.45, 2.75) is 11.8 Å². The van der Waals surface area contributed by atoms with E-state index in [1.54, 1.807) is 24.5 Å². The lowest BCUT2D eigenvalue weighted by Gasteiger charge is -2.09. The molecule has 3 heterocycles. The number of benzene rings is 1. The Labute approximate surface area is 198 Å². The Kier molecular flexibility index (Phi) is 5.31. The predicted molar refractivity (Wildman–Crippen MR) is 128 cm³/mol. The van der Waals surface area contributed by atoms with E-state index in [1.807, 2.05) is 18.2 Å². The number of hydrogen-bond acceptors (Lipinski definition) is 4. The minimum Gasteiger partial charge on any atom is -0.464 e. The lowest BCUT2D eigenvalue weighted by atomic mass is 9.94. The van der Waals surface area contributed by atoms with Gasteiger partial charge in [0.2, 0.25) is 0 Å². The number of aromatic nitrogens is 3. The average molecular weight is 484 g/mol. The molecule has 0 amide bonds. The smallest absolute Gasteiger partial charge is 0.355 e. The van der Waals surface area contributed by atoms with Gasteiger partial charge in [-0.25, -0.2) is 9.59 Å². The molecule has 0 saturated carbocycles. The van der Waals surface area contributed by atoms with Crippen molar-refractivity contribution in [2.75, 3.05) is 14.2 Å². The molecule has 0 saturated heterocycles. The van der Waals surface area contributed by atoms with E-state index in [2.05, 4.69) is 15.0 Å². The first-order valence-electron chi connectivity index (χ1n) is 10.2. The molecule has 0 aliphatic heterocycles. The van der Waals surface area contributed by atoms with Crippen molar-refractivity contribution in [1.82, 2.24) is 15.0 Å². The minimum atomic E-state index is -0.618. The number of rotatable bonds is 4. The molecule has 3 aromatic heterocycles. The summed E-state index contributed by atoms with van der Waals surface area (Å²) >= 11 is 12.7. The lowest BCUT2D eigenvalue weighted by molar-refractivity contribution is 0.0591. The molecule has 1 aliphatic rings. The first-order chi connectivity index (χ1) is 15.9. The fraction of sp³-hybridized carbons (Fsp3) is 0.167. The summed E-state index contributed by atoms with van der Waals surface area (Å²) in [6.45, 7) is 0. The highest BCUT2D eigenvalue weighted by molar-refractivity contribution is 6.31. The summed E-state index contributed by atoms with van der Waals surface area (Å²) in [5.74, 6) is -1.23. The Morgan fingerprint density at radius 2 is 1.67 bits per heavy atom. The zero-order chi connectivity index (χ0) is 23.3. The summed E-state index contributed by atoms with van der Waals surface area (Å²) in [6.07, 6.45) is 8.21. The highest BCUT2D eigenvalue weighted by Crippen LogP contribution is 2.41. The number of ether oxygens (including phenoxy) is 2. The summed E-state index contributed by atoms with van der Waals surface area (Å²) < 4.78 is 10.1. The van der Waals surface area contributed by atoms with Crippen LogP contribution in [0.3, 0.4) is 0 Å². The van der Waals surface area contributed by atoms with E-state index in [0.717, 1.165) is 21.5 Å². The van der Waals surface area contributed by atoms with Gasteiger partial charge in [-0.15, -0.1) is 11.6 Å². The van der Waals surface area contributed by atoms with Crippen LogP contribution in [0.15, 0.2) is 30.6 Å². The molecular weight excluding hydrogens is 465 g/mol. The molecule has 5 rings (SSSR count). The number of aromatic amines is 3. The molecule has 4 aromatic rings. The van der Waals surface area contributed by atoms with Crippen molar-refractivity contribution in [3.05, 3.63) is 57.6 Å². The quantitative estimate of drug-likeness (QED) is 0.302. The van der Waals surface area contributed by atoms with Crippen molar-refractivity contribution in [1.29, 1.82) is 0 Å². The van der Waals surface area contributed by atoms with Gasteiger partial charge in [0, 0.05) is 61.1 Å².